The fourth-order valence-corrected chi connectivity index (χ4v) is 2.10. The van der Waals surface area contributed by atoms with Crippen LogP contribution in [0, 0.1) is 0 Å². The number of aliphatic hydroxyl groups is 1. The van der Waals surface area contributed by atoms with Crippen LogP contribution in [-0.4, -0.2) is 30.3 Å². The highest BCUT2D eigenvalue weighted by molar-refractivity contribution is 5.77. The Labute approximate surface area is 107 Å². The minimum Gasteiger partial charge on any atom is -0.484 e. The predicted molar refractivity (Wildman–Crippen MR) is 68.7 cm³/mol. The van der Waals surface area contributed by atoms with E-state index in [1.807, 2.05) is 12.1 Å². The van der Waals surface area contributed by atoms with Crippen molar-refractivity contribution in [3.05, 3.63) is 29.3 Å². The average molecular weight is 249 g/mol. The monoisotopic (exact) mass is 249 g/mol. The Kier molecular flexibility index (Phi) is 4.20. The number of amides is 1. The highest BCUT2D eigenvalue weighted by atomic mass is 16.5. The molecule has 1 aromatic carbocycles. The van der Waals surface area contributed by atoms with Crippen LogP contribution in [0.15, 0.2) is 18.2 Å². The molecule has 1 aliphatic carbocycles. The Morgan fingerprint density at radius 1 is 1.44 bits per heavy atom. The van der Waals surface area contributed by atoms with Gasteiger partial charge in [0.25, 0.3) is 5.91 Å². The Balaban J connectivity index is 1.81. The normalized spacial score (nSPS) is 15.0. The van der Waals surface area contributed by atoms with E-state index in [9.17, 15) is 4.79 Å². The second-order valence-corrected chi connectivity index (χ2v) is 4.73. The van der Waals surface area contributed by atoms with Crippen molar-refractivity contribution in [3.63, 3.8) is 0 Å². The van der Waals surface area contributed by atoms with Crippen LogP contribution in [0.4, 0.5) is 0 Å². The molecule has 0 heterocycles. The maximum Gasteiger partial charge on any atom is 0.258 e. The van der Waals surface area contributed by atoms with E-state index in [4.69, 9.17) is 9.84 Å². The molecule has 0 aliphatic heterocycles. The van der Waals surface area contributed by atoms with Crippen molar-refractivity contribution < 1.29 is 14.6 Å². The van der Waals surface area contributed by atoms with E-state index in [-0.39, 0.29) is 19.1 Å². The van der Waals surface area contributed by atoms with Crippen LogP contribution < -0.4 is 10.1 Å². The van der Waals surface area contributed by atoms with E-state index in [0.717, 1.165) is 18.6 Å². The molecule has 0 saturated carbocycles. The summed E-state index contributed by atoms with van der Waals surface area (Å²) in [6.45, 7) is 1.87. The van der Waals surface area contributed by atoms with Gasteiger partial charge in [0.2, 0.25) is 0 Å². The molecule has 18 heavy (non-hydrogen) atoms. The lowest BCUT2D eigenvalue weighted by atomic mass is 10.1. The van der Waals surface area contributed by atoms with Crippen molar-refractivity contribution >= 4 is 5.91 Å². The molecule has 0 aromatic heterocycles. The number of hydrogen-bond acceptors (Lipinski definition) is 3. The van der Waals surface area contributed by atoms with E-state index in [1.54, 1.807) is 6.92 Å². The van der Waals surface area contributed by atoms with Gasteiger partial charge in [-0.25, -0.2) is 0 Å². The van der Waals surface area contributed by atoms with E-state index < -0.39 is 6.10 Å². The summed E-state index contributed by atoms with van der Waals surface area (Å²) in [5.41, 5.74) is 2.72. The van der Waals surface area contributed by atoms with Crippen molar-refractivity contribution in [1.82, 2.24) is 5.32 Å². The van der Waals surface area contributed by atoms with Crippen LogP contribution in [0.2, 0.25) is 0 Å². The molecule has 98 valence electrons. The first-order valence-electron chi connectivity index (χ1n) is 6.34. The van der Waals surface area contributed by atoms with Crippen LogP contribution >= 0.6 is 0 Å². The van der Waals surface area contributed by atoms with Gasteiger partial charge in [-0.2, -0.15) is 0 Å². The molecule has 1 aromatic rings. The molecule has 4 nitrogen and oxygen atoms in total. The molecule has 0 radical (unpaired) electrons. The molecule has 0 bridgehead atoms. The molecule has 4 heteroatoms. The first-order chi connectivity index (χ1) is 8.65. The highest BCUT2D eigenvalue weighted by Crippen LogP contribution is 2.25. The second-order valence-electron chi connectivity index (χ2n) is 4.73. The third-order valence-corrected chi connectivity index (χ3v) is 3.03. The average Bonchev–Trinajstić information content (AvgIpc) is 2.81. The first kappa shape index (κ1) is 12.9. The zero-order valence-electron chi connectivity index (χ0n) is 10.6. The van der Waals surface area contributed by atoms with Gasteiger partial charge in [-0.05, 0) is 49.4 Å². The smallest absolute Gasteiger partial charge is 0.258 e. The lowest BCUT2D eigenvalue weighted by molar-refractivity contribution is -0.123. The molecule has 2 N–H and O–H groups in total. The second kappa shape index (κ2) is 5.87. The lowest BCUT2D eigenvalue weighted by Crippen LogP contribution is -2.34. The van der Waals surface area contributed by atoms with E-state index in [1.165, 1.54) is 17.5 Å². The largest absolute Gasteiger partial charge is 0.484 e. The van der Waals surface area contributed by atoms with E-state index in [2.05, 4.69) is 11.4 Å². The first-order valence-corrected chi connectivity index (χ1v) is 6.34. The minimum atomic E-state index is -0.533. The summed E-state index contributed by atoms with van der Waals surface area (Å²) in [4.78, 5) is 11.4. The standard InChI is InChI=1S/C14H19NO3/c1-10(16)8-15-14(17)9-18-13-6-5-11-3-2-4-12(11)7-13/h5-7,10,16H,2-4,8-9H2,1H3,(H,15,17). The topological polar surface area (TPSA) is 58.6 Å². The summed E-state index contributed by atoms with van der Waals surface area (Å²) in [6.07, 6.45) is 2.91. The number of rotatable bonds is 5. The summed E-state index contributed by atoms with van der Waals surface area (Å²) in [5, 5.41) is 11.6. The van der Waals surface area contributed by atoms with Crippen LogP contribution in [0.3, 0.4) is 0 Å². The van der Waals surface area contributed by atoms with Crippen LogP contribution in [0.1, 0.15) is 24.5 Å². The van der Waals surface area contributed by atoms with Crippen molar-refractivity contribution in [1.29, 1.82) is 0 Å². The molecule has 0 fully saturated rings. The van der Waals surface area contributed by atoms with Crippen molar-refractivity contribution in [2.24, 2.45) is 0 Å². The number of aryl methyl sites for hydroxylation is 2. The SMILES string of the molecule is CC(O)CNC(=O)COc1ccc2c(c1)CCC2. The minimum absolute atomic E-state index is 0.00843. The highest BCUT2D eigenvalue weighted by Gasteiger charge is 2.11. The van der Waals surface area contributed by atoms with Gasteiger partial charge in [-0.15, -0.1) is 0 Å². The molecular formula is C14H19NO3. The van der Waals surface area contributed by atoms with Crippen molar-refractivity contribution in [2.75, 3.05) is 13.2 Å². The number of hydrogen-bond donors (Lipinski definition) is 2. The molecule has 1 unspecified atom stereocenters. The predicted octanol–water partition coefficient (Wildman–Crippen LogP) is 1.05. The molecule has 1 atom stereocenters. The summed E-state index contributed by atoms with van der Waals surface area (Å²) in [7, 11) is 0. The van der Waals surface area contributed by atoms with E-state index >= 15 is 0 Å². The van der Waals surface area contributed by atoms with Crippen LogP contribution in [-0.2, 0) is 17.6 Å². The number of aliphatic hydroxyl groups excluding tert-OH is 1. The maximum atomic E-state index is 11.4. The van der Waals surface area contributed by atoms with Gasteiger partial charge in [-0.1, -0.05) is 6.07 Å². The summed E-state index contributed by atoms with van der Waals surface area (Å²) in [5.74, 6) is 0.527. The molecule has 0 spiro atoms. The van der Waals surface area contributed by atoms with Gasteiger partial charge in [0.1, 0.15) is 5.75 Å². The third kappa shape index (κ3) is 3.47. The number of benzene rings is 1. The number of nitrogens with one attached hydrogen (secondary N) is 1. The quantitative estimate of drug-likeness (QED) is 0.820. The molecule has 1 aliphatic rings. The molecule has 2 rings (SSSR count). The molecular weight excluding hydrogens is 230 g/mol. The summed E-state index contributed by atoms with van der Waals surface area (Å²) in [6, 6.07) is 6.00. The van der Waals surface area contributed by atoms with Gasteiger partial charge in [0, 0.05) is 6.54 Å². The number of carbonyl (C=O) groups excluding carboxylic acids is 1. The Morgan fingerprint density at radius 2 is 2.22 bits per heavy atom. The molecule has 1 amide bonds. The van der Waals surface area contributed by atoms with Gasteiger partial charge in [0.05, 0.1) is 6.10 Å². The Bertz CT molecular complexity index is 429. The summed E-state index contributed by atoms with van der Waals surface area (Å²) >= 11 is 0. The van der Waals surface area contributed by atoms with E-state index in [0.29, 0.717) is 0 Å². The van der Waals surface area contributed by atoms with Gasteiger partial charge >= 0.3 is 0 Å². The van der Waals surface area contributed by atoms with Crippen LogP contribution in [0.5, 0.6) is 5.75 Å². The van der Waals surface area contributed by atoms with Gasteiger partial charge in [-0.3, -0.25) is 4.79 Å². The van der Waals surface area contributed by atoms with Crippen molar-refractivity contribution in [2.45, 2.75) is 32.3 Å². The fraction of sp³-hybridized carbons (Fsp3) is 0.500. The number of ether oxygens (including phenoxy) is 1. The van der Waals surface area contributed by atoms with Gasteiger partial charge in [0.15, 0.2) is 6.61 Å². The van der Waals surface area contributed by atoms with Crippen molar-refractivity contribution in [3.8, 4) is 5.75 Å². The lowest BCUT2D eigenvalue weighted by Gasteiger charge is -2.09. The Morgan fingerprint density at radius 3 is 3.00 bits per heavy atom. The zero-order valence-corrected chi connectivity index (χ0v) is 10.6. The Hall–Kier alpha value is -1.55. The van der Waals surface area contributed by atoms with Crippen LogP contribution in [0.25, 0.3) is 0 Å². The summed E-state index contributed by atoms with van der Waals surface area (Å²) < 4.78 is 5.43. The number of fused-ring (bicyclic) bond motifs is 1. The number of carbonyl (C=O) groups is 1. The maximum absolute atomic E-state index is 11.4. The zero-order chi connectivity index (χ0) is 13.0. The molecule has 0 saturated heterocycles. The third-order valence-electron chi connectivity index (χ3n) is 3.03. The fourth-order valence-electron chi connectivity index (χ4n) is 2.10. The van der Waals surface area contributed by atoms with Gasteiger partial charge < -0.3 is 15.2 Å².